The molecule has 9 heteroatoms. The van der Waals surface area contributed by atoms with Gasteiger partial charge in [0, 0.05) is 6.54 Å². The molecular formula is C15H24N6O3. The number of hydrogen-bond donors (Lipinski definition) is 2. The topological polar surface area (TPSA) is 122 Å². The van der Waals surface area contributed by atoms with Gasteiger partial charge in [-0.1, -0.05) is 6.92 Å². The van der Waals surface area contributed by atoms with Crippen LogP contribution in [-0.2, 0) is 0 Å². The smallest absolute Gasteiger partial charge is 0.430 e. The van der Waals surface area contributed by atoms with Gasteiger partial charge in [0.25, 0.3) is 0 Å². The Labute approximate surface area is 140 Å². The second-order valence-corrected chi connectivity index (χ2v) is 5.93. The first kappa shape index (κ1) is 17.9. The number of hydrazone groups is 1. The van der Waals surface area contributed by atoms with E-state index in [1.807, 2.05) is 0 Å². The summed E-state index contributed by atoms with van der Waals surface area (Å²) in [6, 6.07) is 3.00. The molecule has 0 aromatic carbocycles. The molecule has 2 rings (SSSR count). The highest BCUT2D eigenvalue weighted by Gasteiger charge is 2.19. The second kappa shape index (κ2) is 9.02. The number of hydrogen-bond acceptors (Lipinski definition) is 6. The van der Waals surface area contributed by atoms with Crippen LogP contribution in [0.25, 0.3) is 0 Å². The summed E-state index contributed by atoms with van der Waals surface area (Å²) in [7, 11) is 0. The summed E-state index contributed by atoms with van der Waals surface area (Å²) in [5, 5.41) is 14.6. The Balaban J connectivity index is 1.75. The molecule has 1 aromatic heterocycles. The lowest BCUT2D eigenvalue weighted by Crippen LogP contribution is -2.34. The van der Waals surface area contributed by atoms with Crippen LogP contribution >= 0.6 is 0 Å². The van der Waals surface area contributed by atoms with E-state index in [1.165, 1.54) is 25.2 Å². The van der Waals surface area contributed by atoms with Crippen LogP contribution in [0.15, 0.2) is 32.9 Å². The third-order valence-electron chi connectivity index (χ3n) is 3.98. The fraction of sp³-hybridized carbons (Fsp3) is 0.600. The maximum atomic E-state index is 11.0. The van der Waals surface area contributed by atoms with Crippen molar-refractivity contribution in [3.05, 3.63) is 34.3 Å². The highest BCUT2D eigenvalue weighted by atomic mass is 16.6. The molecule has 1 aliphatic heterocycles. The van der Waals surface area contributed by atoms with E-state index in [0.29, 0.717) is 6.54 Å². The van der Waals surface area contributed by atoms with Gasteiger partial charge in [-0.15, -0.1) is 0 Å². The highest BCUT2D eigenvalue weighted by Crippen LogP contribution is 2.15. The van der Waals surface area contributed by atoms with Crippen LogP contribution in [0.2, 0.25) is 0 Å². The molecule has 1 aromatic rings. The van der Waals surface area contributed by atoms with Crippen molar-refractivity contribution in [1.29, 1.82) is 0 Å². The summed E-state index contributed by atoms with van der Waals surface area (Å²) in [4.78, 5) is 16.9. The largest absolute Gasteiger partial charge is 0.456 e. The zero-order valence-corrected chi connectivity index (χ0v) is 13.9. The van der Waals surface area contributed by atoms with Crippen molar-refractivity contribution in [1.82, 2.24) is 10.3 Å². The van der Waals surface area contributed by atoms with Crippen LogP contribution in [-0.4, -0.2) is 47.8 Å². The molecule has 0 spiro atoms. The van der Waals surface area contributed by atoms with Crippen molar-refractivity contribution in [2.24, 2.45) is 21.7 Å². The number of nitrogens with one attached hydrogen (secondary N) is 1. The van der Waals surface area contributed by atoms with E-state index in [-0.39, 0.29) is 11.7 Å². The number of nitro groups is 1. The van der Waals surface area contributed by atoms with Crippen LogP contribution in [0.4, 0.5) is 0 Å². The number of rotatable bonds is 6. The van der Waals surface area contributed by atoms with Gasteiger partial charge in [-0.05, 0) is 61.9 Å². The van der Waals surface area contributed by atoms with Gasteiger partial charge in [0.1, 0.15) is 0 Å². The molecule has 2 heterocycles. The molecule has 3 N–H and O–H groups in total. The lowest BCUT2D eigenvalue weighted by molar-refractivity contribution is -0.350. The first-order valence-electron chi connectivity index (χ1n) is 8.10. The molecule has 0 aliphatic carbocycles. The average molecular weight is 336 g/mol. The predicted octanol–water partition coefficient (Wildman–Crippen LogP) is 1.24. The van der Waals surface area contributed by atoms with Crippen LogP contribution in [0.3, 0.4) is 0 Å². The Kier molecular flexibility index (Phi) is 6.74. The number of piperidine rings is 1. The third-order valence-corrected chi connectivity index (χ3v) is 3.98. The molecule has 1 aliphatic rings. The Morgan fingerprint density at radius 3 is 2.92 bits per heavy atom. The Morgan fingerprint density at radius 2 is 2.29 bits per heavy atom. The maximum Gasteiger partial charge on any atom is 0.430 e. The van der Waals surface area contributed by atoms with Gasteiger partial charge in [-0.25, -0.2) is 0 Å². The van der Waals surface area contributed by atoms with Crippen LogP contribution in [0.5, 0.6) is 0 Å². The van der Waals surface area contributed by atoms with E-state index in [4.69, 9.17) is 10.2 Å². The molecule has 0 saturated carbocycles. The highest BCUT2D eigenvalue weighted by molar-refractivity contribution is 5.90. The Morgan fingerprint density at radius 1 is 1.54 bits per heavy atom. The first-order chi connectivity index (χ1) is 11.6. The molecule has 24 heavy (non-hydrogen) atoms. The fourth-order valence-corrected chi connectivity index (χ4v) is 2.52. The van der Waals surface area contributed by atoms with Gasteiger partial charge in [0.15, 0.2) is 0 Å². The first-order valence-corrected chi connectivity index (χ1v) is 8.10. The summed E-state index contributed by atoms with van der Waals surface area (Å²) in [5.41, 5.74) is 8.07. The normalized spacial score (nSPS) is 17.9. The van der Waals surface area contributed by atoms with Crippen molar-refractivity contribution in [2.45, 2.75) is 26.2 Å². The molecule has 1 saturated heterocycles. The molecule has 9 nitrogen and oxygen atoms in total. The van der Waals surface area contributed by atoms with Gasteiger partial charge in [0.05, 0.1) is 11.4 Å². The van der Waals surface area contributed by atoms with Crippen LogP contribution in [0, 0.1) is 16.0 Å². The molecule has 1 fully saturated rings. The molecular weight excluding hydrogens is 312 g/mol. The summed E-state index contributed by atoms with van der Waals surface area (Å²) in [6.07, 6.45) is 4.73. The summed E-state index contributed by atoms with van der Waals surface area (Å²) >= 11 is 0. The quantitative estimate of drug-likeness (QED) is 0.265. The SMILES string of the molecule is CC1CCN(CCCN=C(N)NN=C(c2ccco2)[N+](=O)[O-])CC1. The zero-order chi connectivity index (χ0) is 17.4. The molecule has 0 radical (unpaired) electrons. The standard InChI is InChI=1S/C15H24N6O3/c1-12-5-9-20(10-6-12)8-3-7-17-15(16)19-18-14(21(22)23)13-4-2-11-24-13/h2,4,11-12H,3,5-10H2,1H3,(H3,16,17,19). The zero-order valence-electron chi connectivity index (χ0n) is 13.9. The molecule has 0 amide bonds. The fourth-order valence-electron chi connectivity index (χ4n) is 2.52. The molecule has 0 unspecified atom stereocenters. The minimum absolute atomic E-state index is 0.0492. The summed E-state index contributed by atoms with van der Waals surface area (Å²) in [5.74, 6) is 0.482. The minimum atomic E-state index is -0.642. The number of nitrogens with two attached hydrogens (primary N) is 1. The van der Waals surface area contributed by atoms with Crippen molar-refractivity contribution in [2.75, 3.05) is 26.2 Å². The monoisotopic (exact) mass is 336 g/mol. The van der Waals surface area contributed by atoms with E-state index in [2.05, 4.69) is 27.3 Å². The number of likely N-dealkylation sites (tertiary alicyclic amines) is 1. The Bertz CT molecular complexity index is 576. The number of guanidine groups is 1. The lowest BCUT2D eigenvalue weighted by atomic mass is 9.99. The van der Waals surface area contributed by atoms with E-state index >= 15 is 0 Å². The average Bonchev–Trinajstić information content (AvgIpc) is 3.07. The summed E-state index contributed by atoms with van der Waals surface area (Å²) in [6.45, 7) is 6.10. The van der Waals surface area contributed by atoms with Crippen molar-refractivity contribution >= 4 is 11.8 Å². The number of furan rings is 1. The molecule has 0 bridgehead atoms. The number of amidine groups is 1. The van der Waals surface area contributed by atoms with E-state index in [9.17, 15) is 10.1 Å². The minimum Gasteiger partial charge on any atom is -0.456 e. The van der Waals surface area contributed by atoms with Gasteiger partial charge < -0.3 is 25.2 Å². The van der Waals surface area contributed by atoms with Crippen molar-refractivity contribution in [3.8, 4) is 0 Å². The van der Waals surface area contributed by atoms with Gasteiger partial charge in [-0.2, -0.15) is 5.43 Å². The van der Waals surface area contributed by atoms with Crippen molar-refractivity contribution in [3.63, 3.8) is 0 Å². The molecule has 132 valence electrons. The molecule has 0 atom stereocenters. The van der Waals surface area contributed by atoms with E-state index in [1.54, 1.807) is 6.07 Å². The van der Waals surface area contributed by atoms with Crippen molar-refractivity contribution < 1.29 is 9.34 Å². The van der Waals surface area contributed by atoms with Crippen LogP contribution in [0.1, 0.15) is 31.9 Å². The second-order valence-electron chi connectivity index (χ2n) is 5.93. The van der Waals surface area contributed by atoms with E-state index in [0.717, 1.165) is 32.0 Å². The maximum absolute atomic E-state index is 11.0. The Hall–Kier alpha value is -2.42. The van der Waals surface area contributed by atoms with E-state index < -0.39 is 10.8 Å². The van der Waals surface area contributed by atoms with Gasteiger partial charge in [0.2, 0.25) is 11.7 Å². The third kappa shape index (κ3) is 5.65. The lowest BCUT2D eigenvalue weighted by Gasteiger charge is -2.29. The summed E-state index contributed by atoms with van der Waals surface area (Å²) < 4.78 is 4.96. The van der Waals surface area contributed by atoms with Crippen LogP contribution < -0.4 is 11.2 Å². The van der Waals surface area contributed by atoms with Gasteiger partial charge in [-0.3, -0.25) is 4.99 Å². The predicted molar refractivity (Wildman–Crippen MR) is 91.3 cm³/mol. The number of aliphatic imine (C=N–C) groups is 1. The number of nitrogens with zero attached hydrogens (tertiary/aromatic N) is 4. The van der Waals surface area contributed by atoms with Gasteiger partial charge >= 0.3 is 5.84 Å².